The van der Waals surface area contributed by atoms with Crippen LogP contribution in [0, 0.1) is 5.82 Å². The molecule has 2 aromatic carbocycles. The van der Waals surface area contributed by atoms with E-state index in [-0.39, 0.29) is 17.4 Å². The summed E-state index contributed by atoms with van der Waals surface area (Å²) in [5.74, 6) is 0.201. The van der Waals surface area contributed by atoms with Crippen molar-refractivity contribution in [1.82, 2.24) is 15.2 Å². The molecular formula is C24H20FN3O3. The number of benzene rings is 2. The molecule has 31 heavy (non-hydrogen) atoms. The lowest BCUT2D eigenvalue weighted by molar-refractivity contribution is 0.103. The molecule has 0 saturated carbocycles. The number of aliphatic hydroxyl groups excluding tert-OH is 1. The largest absolute Gasteiger partial charge is 0.507 e. The number of ketones is 1. The third-order valence-electron chi connectivity index (χ3n) is 4.83. The Labute approximate surface area is 178 Å². The monoisotopic (exact) mass is 417 g/mol. The first kappa shape index (κ1) is 20.3. The zero-order valence-corrected chi connectivity index (χ0v) is 16.6. The van der Waals surface area contributed by atoms with Gasteiger partial charge in [-0.05, 0) is 35.7 Å². The number of aromatic amines is 1. The van der Waals surface area contributed by atoms with Gasteiger partial charge < -0.3 is 9.52 Å². The number of hydrogen-bond donors (Lipinski definition) is 2. The third kappa shape index (κ3) is 5.14. The standard InChI is InChI=1S/C24H20FN3O3/c25-18-9-6-17(7-10-18)12-19-13-20(21(29)14-22(30)24-26-15-27-28-24)23(31-19)11-8-16-4-2-1-3-5-16/h1-7,9-10,13-15,29H,8,11-12H2,(H,26,27,28). The van der Waals surface area contributed by atoms with Crippen molar-refractivity contribution in [2.75, 3.05) is 0 Å². The first-order valence-corrected chi connectivity index (χ1v) is 9.79. The maximum absolute atomic E-state index is 13.2. The molecule has 0 radical (unpaired) electrons. The van der Waals surface area contributed by atoms with Crippen LogP contribution in [-0.2, 0) is 19.3 Å². The van der Waals surface area contributed by atoms with Gasteiger partial charge in [0, 0.05) is 18.9 Å². The molecule has 0 amide bonds. The van der Waals surface area contributed by atoms with Gasteiger partial charge in [0.2, 0.25) is 5.78 Å². The zero-order chi connectivity index (χ0) is 21.6. The minimum Gasteiger partial charge on any atom is -0.507 e. The quantitative estimate of drug-likeness (QED) is 0.246. The van der Waals surface area contributed by atoms with Crippen LogP contribution >= 0.6 is 0 Å². The Balaban J connectivity index is 1.61. The number of allylic oxidation sites excluding steroid dienone is 1. The molecule has 0 aliphatic heterocycles. The Kier molecular flexibility index (Phi) is 6.03. The van der Waals surface area contributed by atoms with Crippen LogP contribution in [0.4, 0.5) is 4.39 Å². The number of aromatic nitrogens is 3. The first-order chi connectivity index (χ1) is 15.1. The summed E-state index contributed by atoms with van der Waals surface area (Å²) in [6.45, 7) is 0. The predicted octanol–water partition coefficient (Wildman–Crippen LogP) is 4.69. The number of halogens is 1. The lowest BCUT2D eigenvalue weighted by atomic mass is 10.0. The Morgan fingerprint density at radius 1 is 1.06 bits per heavy atom. The van der Waals surface area contributed by atoms with Crippen LogP contribution in [0.15, 0.2) is 77.5 Å². The fraction of sp³-hybridized carbons (Fsp3) is 0.125. The molecule has 0 fully saturated rings. The molecule has 4 aromatic rings. The SMILES string of the molecule is O=C(C=C(O)c1cc(Cc2ccc(F)cc2)oc1CCc1ccccc1)c1ncn[nH]1. The maximum Gasteiger partial charge on any atom is 0.226 e. The Hall–Kier alpha value is -4.00. The number of carbonyl (C=O) groups excluding carboxylic acids is 1. The van der Waals surface area contributed by atoms with Crippen molar-refractivity contribution in [2.45, 2.75) is 19.3 Å². The highest BCUT2D eigenvalue weighted by Gasteiger charge is 2.17. The smallest absolute Gasteiger partial charge is 0.226 e. The van der Waals surface area contributed by atoms with Gasteiger partial charge in [0.1, 0.15) is 29.4 Å². The van der Waals surface area contributed by atoms with E-state index in [1.807, 2.05) is 30.3 Å². The van der Waals surface area contributed by atoms with E-state index in [1.54, 1.807) is 18.2 Å². The molecule has 0 aliphatic carbocycles. The fourth-order valence-electron chi connectivity index (χ4n) is 3.27. The highest BCUT2D eigenvalue weighted by Crippen LogP contribution is 2.26. The summed E-state index contributed by atoms with van der Waals surface area (Å²) in [6, 6.07) is 17.8. The topological polar surface area (TPSA) is 92.0 Å². The second-order valence-corrected chi connectivity index (χ2v) is 7.07. The van der Waals surface area contributed by atoms with Crippen LogP contribution in [0.2, 0.25) is 0 Å². The predicted molar refractivity (Wildman–Crippen MR) is 113 cm³/mol. The van der Waals surface area contributed by atoms with Crippen LogP contribution < -0.4 is 0 Å². The van der Waals surface area contributed by atoms with E-state index >= 15 is 0 Å². The number of aryl methyl sites for hydroxylation is 2. The summed E-state index contributed by atoms with van der Waals surface area (Å²) in [5, 5.41) is 16.8. The Morgan fingerprint density at radius 3 is 2.55 bits per heavy atom. The first-order valence-electron chi connectivity index (χ1n) is 9.79. The molecule has 6 nitrogen and oxygen atoms in total. The van der Waals surface area contributed by atoms with Gasteiger partial charge in [-0.1, -0.05) is 42.5 Å². The molecule has 0 saturated heterocycles. The number of H-pyrrole nitrogens is 1. The number of furan rings is 1. The molecule has 0 atom stereocenters. The van der Waals surface area contributed by atoms with Crippen molar-refractivity contribution < 1.29 is 18.7 Å². The van der Waals surface area contributed by atoms with Gasteiger partial charge in [0.25, 0.3) is 0 Å². The number of hydrogen-bond acceptors (Lipinski definition) is 5. The molecular weight excluding hydrogens is 397 g/mol. The lowest BCUT2D eigenvalue weighted by Crippen LogP contribution is -2.00. The van der Waals surface area contributed by atoms with E-state index in [1.165, 1.54) is 18.5 Å². The van der Waals surface area contributed by atoms with Gasteiger partial charge >= 0.3 is 0 Å². The summed E-state index contributed by atoms with van der Waals surface area (Å²) < 4.78 is 19.2. The maximum atomic E-state index is 13.2. The van der Waals surface area contributed by atoms with Crippen molar-refractivity contribution in [3.05, 3.63) is 113 Å². The van der Waals surface area contributed by atoms with E-state index in [2.05, 4.69) is 15.2 Å². The molecule has 7 heteroatoms. The average molecular weight is 417 g/mol. The highest BCUT2D eigenvalue weighted by atomic mass is 19.1. The summed E-state index contributed by atoms with van der Waals surface area (Å²) in [4.78, 5) is 16.1. The Bertz CT molecular complexity index is 1180. The van der Waals surface area contributed by atoms with Crippen molar-refractivity contribution >= 4 is 11.5 Å². The number of rotatable bonds is 8. The second-order valence-electron chi connectivity index (χ2n) is 7.07. The molecule has 4 rings (SSSR count). The molecule has 0 unspecified atom stereocenters. The minimum absolute atomic E-state index is 0.0346. The van der Waals surface area contributed by atoms with Crippen molar-refractivity contribution in [3.63, 3.8) is 0 Å². The molecule has 2 heterocycles. The number of aliphatic hydroxyl groups is 1. The van der Waals surface area contributed by atoms with Crippen molar-refractivity contribution in [2.24, 2.45) is 0 Å². The van der Waals surface area contributed by atoms with Gasteiger partial charge in [-0.25, -0.2) is 9.37 Å². The van der Waals surface area contributed by atoms with E-state index in [9.17, 15) is 14.3 Å². The number of carbonyl (C=O) groups is 1. The van der Waals surface area contributed by atoms with E-state index < -0.39 is 5.78 Å². The van der Waals surface area contributed by atoms with E-state index in [0.29, 0.717) is 36.3 Å². The summed E-state index contributed by atoms with van der Waals surface area (Å²) in [7, 11) is 0. The zero-order valence-electron chi connectivity index (χ0n) is 16.6. The minimum atomic E-state index is -0.495. The van der Waals surface area contributed by atoms with Crippen LogP contribution in [0.5, 0.6) is 0 Å². The lowest BCUT2D eigenvalue weighted by Gasteiger charge is -2.03. The highest BCUT2D eigenvalue weighted by molar-refractivity contribution is 6.05. The summed E-state index contributed by atoms with van der Waals surface area (Å²) in [6.07, 6.45) is 4.00. The van der Waals surface area contributed by atoms with Gasteiger partial charge in [0.15, 0.2) is 5.82 Å². The molecule has 0 aliphatic rings. The van der Waals surface area contributed by atoms with Crippen molar-refractivity contribution in [3.8, 4) is 0 Å². The molecule has 0 bridgehead atoms. The van der Waals surface area contributed by atoms with Gasteiger partial charge in [-0.2, -0.15) is 5.10 Å². The van der Waals surface area contributed by atoms with Gasteiger partial charge in [-0.3, -0.25) is 9.89 Å². The van der Waals surface area contributed by atoms with E-state index in [0.717, 1.165) is 17.2 Å². The van der Waals surface area contributed by atoms with Crippen LogP contribution in [0.25, 0.3) is 5.76 Å². The molecule has 2 N–H and O–H groups in total. The van der Waals surface area contributed by atoms with Gasteiger partial charge in [0.05, 0.1) is 5.56 Å². The third-order valence-corrected chi connectivity index (χ3v) is 4.83. The summed E-state index contributed by atoms with van der Waals surface area (Å²) >= 11 is 0. The van der Waals surface area contributed by atoms with Crippen LogP contribution in [0.3, 0.4) is 0 Å². The number of nitrogens with zero attached hydrogens (tertiary/aromatic N) is 2. The normalized spacial score (nSPS) is 11.6. The molecule has 0 spiro atoms. The molecule has 156 valence electrons. The van der Waals surface area contributed by atoms with Crippen molar-refractivity contribution in [1.29, 1.82) is 0 Å². The molecule has 2 aromatic heterocycles. The fourth-order valence-corrected chi connectivity index (χ4v) is 3.27. The van der Waals surface area contributed by atoms with Crippen LogP contribution in [-0.4, -0.2) is 26.1 Å². The average Bonchev–Trinajstić information content (AvgIpc) is 3.45. The van der Waals surface area contributed by atoms with E-state index in [4.69, 9.17) is 4.42 Å². The summed E-state index contributed by atoms with van der Waals surface area (Å²) in [5.41, 5.74) is 2.45. The number of nitrogens with one attached hydrogen (secondary N) is 1. The van der Waals surface area contributed by atoms with Crippen LogP contribution in [0.1, 0.15) is 38.8 Å². The van der Waals surface area contributed by atoms with Gasteiger partial charge in [-0.15, -0.1) is 0 Å². The second kappa shape index (κ2) is 9.21. The Morgan fingerprint density at radius 2 is 1.84 bits per heavy atom.